The third-order valence-electron chi connectivity index (χ3n) is 3.39. The van der Waals surface area contributed by atoms with Crippen LogP contribution in [0.15, 0.2) is 42.5 Å². The van der Waals surface area contributed by atoms with Crippen molar-refractivity contribution in [2.75, 3.05) is 5.32 Å². The van der Waals surface area contributed by atoms with Crippen LogP contribution in [0, 0.1) is 18.3 Å². The molecule has 0 amide bonds. The van der Waals surface area contributed by atoms with E-state index in [1.165, 1.54) is 5.56 Å². The number of halogens is 1. The van der Waals surface area contributed by atoms with Crippen molar-refractivity contribution in [3.05, 3.63) is 64.2 Å². The Morgan fingerprint density at radius 3 is 2.50 bits per heavy atom. The number of anilines is 1. The molecule has 0 saturated heterocycles. The molecule has 0 aromatic heterocycles. The first kappa shape index (κ1) is 14.4. The normalized spacial score (nSPS) is 11.7. The van der Waals surface area contributed by atoms with Crippen molar-refractivity contribution in [3.8, 4) is 6.07 Å². The van der Waals surface area contributed by atoms with Crippen molar-refractivity contribution in [2.45, 2.75) is 26.3 Å². The second kappa shape index (κ2) is 6.45. The van der Waals surface area contributed by atoms with E-state index >= 15 is 0 Å². The molecule has 3 heteroatoms. The Labute approximate surface area is 125 Å². The number of nitriles is 1. The van der Waals surface area contributed by atoms with Gasteiger partial charge in [0.1, 0.15) is 6.07 Å². The van der Waals surface area contributed by atoms with Crippen molar-refractivity contribution < 1.29 is 0 Å². The van der Waals surface area contributed by atoms with E-state index in [1.54, 1.807) is 0 Å². The second-order valence-electron chi connectivity index (χ2n) is 4.77. The number of benzene rings is 2. The highest BCUT2D eigenvalue weighted by Gasteiger charge is 2.12. The lowest BCUT2D eigenvalue weighted by Crippen LogP contribution is -2.11. The first-order valence-electron chi connectivity index (χ1n) is 6.67. The molecule has 0 spiro atoms. The van der Waals surface area contributed by atoms with Crippen molar-refractivity contribution in [2.24, 2.45) is 0 Å². The quantitative estimate of drug-likeness (QED) is 0.849. The Balaban J connectivity index is 2.30. The van der Waals surface area contributed by atoms with Gasteiger partial charge in [-0.25, -0.2) is 0 Å². The summed E-state index contributed by atoms with van der Waals surface area (Å²) in [5.74, 6) is 0. The maximum atomic E-state index is 9.28. The minimum absolute atomic E-state index is 0.168. The van der Waals surface area contributed by atoms with Crippen LogP contribution in [0.5, 0.6) is 0 Å². The van der Waals surface area contributed by atoms with Crippen LogP contribution in [0.4, 0.5) is 5.69 Å². The van der Waals surface area contributed by atoms with Crippen LogP contribution in [-0.2, 0) is 0 Å². The molecular weight excluding hydrogens is 268 g/mol. The van der Waals surface area contributed by atoms with Crippen LogP contribution in [0.1, 0.15) is 36.1 Å². The van der Waals surface area contributed by atoms with Crippen LogP contribution < -0.4 is 5.32 Å². The second-order valence-corrected chi connectivity index (χ2v) is 5.20. The molecule has 0 aliphatic carbocycles. The molecule has 20 heavy (non-hydrogen) atoms. The lowest BCUT2D eigenvalue weighted by molar-refractivity contribution is 0.749. The third-order valence-corrected chi connectivity index (χ3v) is 3.65. The summed E-state index contributed by atoms with van der Waals surface area (Å²) in [6.45, 7) is 4.07. The zero-order chi connectivity index (χ0) is 14.5. The van der Waals surface area contributed by atoms with Gasteiger partial charge in [0.15, 0.2) is 0 Å². The Kier molecular flexibility index (Phi) is 4.65. The fourth-order valence-corrected chi connectivity index (χ4v) is 2.37. The van der Waals surface area contributed by atoms with Gasteiger partial charge in [0.05, 0.1) is 17.3 Å². The van der Waals surface area contributed by atoms with E-state index in [2.05, 4.69) is 18.3 Å². The molecule has 0 heterocycles. The first-order chi connectivity index (χ1) is 9.65. The van der Waals surface area contributed by atoms with Gasteiger partial charge in [0.25, 0.3) is 0 Å². The predicted octanol–water partition coefficient (Wildman–Crippen LogP) is 5.08. The molecule has 0 radical (unpaired) electrons. The number of rotatable bonds is 4. The van der Waals surface area contributed by atoms with Gasteiger partial charge < -0.3 is 5.32 Å². The SMILES string of the molecule is CCC(Nc1cccc(C)c1C#N)c1ccc(Cl)cc1. The molecule has 1 atom stereocenters. The molecule has 1 unspecified atom stereocenters. The molecule has 0 bridgehead atoms. The summed E-state index contributed by atoms with van der Waals surface area (Å²) in [6, 6.07) is 16.1. The first-order valence-corrected chi connectivity index (χ1v) is 7.05. The molecule has 0 saturated carbocycles. The van der Waals surface area contributed by atoms with Gasteiger partial charge in [-0.3, -0.25) is 0 Å². The summed E-state index contributed by atoms with van der Waals surface area (Å²) in [5, 5.41) is 13.5. The number of nitrogens with one attached hydrogen (secondary N) is 1. The summed E-state index contributed by atoms with van der Waals surface area (Å²) in [7, 11) is 0. The van der Waals surface area contributed by atoms with Gasteiger partial charge in [-0.05, 0) is 42.7 Å². The predicted molar refractivity (Wildman–Crippen MR) is 84.0 cm³/mol. The largest absolute Gasteiger partial charge is 0.377 e. The molecule has 2 rings (SSSR count). The summed E-state index contributed by atoms with van der Waals surface area (Å²) in [4.78, 5) is 0. The van der Waals surface area contributed by atoms with Crippen molar-refractivity contribution in [1.29, 1.82) is 5.26 Å². The van der Waals surface area contributed by atoms with Crippen LogP contribution in [-0.4, -0.2) is 0 Å². The number of aryl methyl sites for hydroxylation is 1. The molecule has 2 aromatic rings. The summed E-state index contributed by atoms with van der Waals surface area (Å²) < 4.78 is 0. The summed E-state index contributed by atoms with van der Waals surface area (Å²) >= 11 is 5.92. The number of hydrogen-bond donors (Lipinski definition) is 1. The van der Waals surface area contributed by atoms with Gasteiger partial charge in [-0.15, -0.1) is 0 Å². The standard InChI is InChI=1S/C17H17ClN2/c1-3-16(13-7-9-14(18)10-8-13)20-17-6-4-5-12(2)15(17)11-19/h4-10,16,20H,3H2,1-2H3. The van der Waals surface area contributed by atoms with E-state index < -0.39 is 0 Å². The molecule has 0 aliphatic rings. The van der Waals surface area contributed by atoms with Crippen LogP contribution >= 0.6 is 11.6 Å². The van der Waals surface area contributed by atoms with Gasteiger partial charge >= 0.3 is 0 Å². The van der Waals surface area contributed by atoms with Crippen LogP contribution in [0.2, 0.25) is 5.02 Å². The minimum atomic E-state index is 0.168. The van der Waals surface area contributed by atoms with E-state index in [9.17, 15) is 5.26 Å². The molecule has 1 N–H and O–H groups in total. The highest BCUT2D eigenvalue weighted by atomic mass is 35.5. The summed E-state index contributed by atoms with van der Waals surface area (Å²) in [5.41, 5.74) is 3.75. The fourth-order valence-electron chi connectivity index (χ4n) is 2.24. The monoisotopic (exact) mass is 284 g/mol. The lowest BCUT2D eigenvalue weighted by atomic mass is 10.0. The van der Waals surface area contributed by atoms with Crippen molar-refractivity contribution in [1.82, 2.24) is 0 Å². The van der Waals surface area contributed by atoms with Crippen LogP contribution in [0.3, 0.4) is 0 Å². The average molecular weight is 285 g/mol. The van der Waals surface area contributed by atoms with Gasteiger partial charge in [0, 0.05) is 5.02 Å². The van der Waals surface area contributed by atoms with E-state index in [4.69, 9.17) is 11.6 Å². The Hall–Kier alpha value is -1.98. The average Bonchev–Trinajstić information content (AvgIpc) is 2.46. The van der Waals surface area contributed by atoms with Crippen molar-refractivity contribution >= 4 is 17.3 Å². The van der Waals surface area contributed by atoms with E-state index in [0.717, 1.165) is 22.7 Å². The topological polar surface area (TPSA) is 35.8 Å². The fraction of sp³-hybridized carbons (Fsp3) is 0.235. The Morgan fingerprint density at radius 1 is 1.20 bits per heavy atom. The smallest absolute Gasteiger partial charge is 0.102 e. The molecule has 102 valence electrons. The molecule has 0 fully saturated rings. The van der Waals surface area contributed by atoms with Gasteiger partial charge in [-0.1, -0.05) is 42.8 Å². The van der Waals surface area contributed by atoms with E-state index in [1.807, 2.05) is 49.4 Å². The Bertz CT molecular complexity index is 626. The zero-order valence-corrected chi connectivity index (χ0v) is 12.4. The van der Waals surface area contributed by atoms with Gasteiger partial charge in [-0.2, -0.15) is 5.26 Å². The molecule has 0 aliphatic heterocycles. The highest BCUT2D eigenvalue weighted by molar-refractivity contribution is 6.30. The third kappa shape index (κ3) is 3.12. The highest BCUT2D eigenvalue weighted by Crippen LogP contribution is 2.27. The molecule has 2 aromatic carbocycles. The molecular formula is C17H17ClN2. The summed E-state index contributed by atoms with van der Waals surface area (Å²) in [6.07, 6.45) is 0.931. The van der Waals surface area contributed by atoms with E-state index in [0.29, 0.717) is 5.56 Å². The number of nitrogens with zero attached hydrogens (tertiary/aromatic N) is 1. The maximum Gasteiger partial charge on any atom is 0.102 e. The Morgan fingerprint density at radius 2 is 1.90 bits per heavy atom. The van der Waals surface area contributed by atoms with E-state index in [-0.39, 0.29) is 6.04 Å². The van der Waals surface area contributed by atoms with Gasteiger partial charge in [0.2, 0.25) is 0 Å². The van der Waals surface area contributed by atoms with Crippen LogP contribution in [0.25, 0.3) is 0 Å². The number of hydrogen-bond acceptors (Lipinski definition) is 2. The molecule has 2 nitrogen and oxygen atoms in total. The zero-order valence-electron chi connectivity index (χ0n) is 11.7. The maximum absolute atomic E-state index is 9.28. The minimum Gasteiger partial charge on any atom is -0.377 e. The lowest BCUT2D eigenvalue weighted by Gasteiger charge is -2.20. The van der Waals surface area contributed by atoms with Crippen molar-refractivity contribution in [3.63, 3.8) is 0 Å².